The van der Waals surface area contributed by atoms with Gasteiger partial charge in [0, 0.05) is 19.6 Å². The molecule has 0 radical (unpaired) electrons. The van der Waals surface area contributed by atoms with E-state index in [-0.39, 0.29) is 6.10 Å². The highest BCUT2D eigenvalue weighted by Gasteiger charge is 2.30. The lowest BCUT2D eigenvalue weighted by Gasteiger charge is -2.31. The Bertz CT molecular complexity index is 557. The van der Waals surface area contributed by atoms with Crippen molar-refractivity contribution in [1.82, 2.24) is 4.31 Å². The van der Waals surface area contributed by atoms with Crippen LogP contribution in [0, 0.1) is 0 Å². The summed E-state index contributed by atoms with van der Waals surface area (Å²) in [5.41, 5.74) is 6.73. The summed E-state index contributed by atoms with van der Waals surface area (Å²) < 4.78 is 32.1. The molecule has 2 unspecified atom stereocenters. The van der Waals surface area contributed by atoms with E-state index in [0.717, 1.165) is 6.42 Å². The van der Waals surface area contributed by atoms with Crippen LogP contribution in [-0.4, -0.2) is 45.1 Å². The van der Waals surface area contributed by atoms with Crippen LogP contribution in [0.25, 0.3) is 0 Å². The van der Waals surface area contributed by atoms with Gasteiger partial charge in [0.15, 0.2) is 0 Å². The van der Waals surface area contributed by atoms with Gasteiger partial charge in [0.05, 0.1) is 17.6 Å². The molecule has 0 aliphatic carbocycles. The minimum absolute atomic E-state index is 0.215. The van der Waals surface area contributed by atoms with E-state index < -0.39 is 10.0 Å². The molecule has 0 bridgehead atoms. The second-order valence-electron chi connectivity index (χ2n) is 5.47. The van der Waals surface area contributed by atoms with E-state index in [0.29, 0.717) is 37.1 Å². The minimum Gasteiger partial charge on any atom is -0.374 e. The number of hydrogen-bond donors (Lipinski definition) is 1. The van der Waals surface area contributed by atoms with Crippen molar-refractivity contribution in [2.75, 3.05) is 26.2 Å². The molecule has 0 aromatic heterocycles. The zero-order valence-corrected chi connectivity index (χ0v) is 13.5. The average Bonchev–Trinajstić information content (AvgIpc) is 2.54. The SMILES string of the molecule is CCC(C)c1ccc(S(=O)(=O)N2CCOC(CN)C2)cc1. The Morgan fingerprint density at radius 1 is 1.38 bits per heavy atom. The summed E-state index contributed by atoms with van der Waals surface area (Å²) in [7, 11) is -3.46. The molecular weight excluding hydrogens is 288 g/mol. The molecule has 1 saturated heterocycles. The van der Waals surface area contributed by atoms with E-state index in [2.05, 4.69) is 13.8 Å². The first kappa shape index (κ1) is 16.4. The fraction of sp³-hybridized carbons (Fsp3) is 0.600. The zero-order chi connectivity index (χ0) is 15.5. The van der Waals surface area contributed by atoms with Gasteiger partial charge in [-0.3, -0.25) is 0 Å². The summed E-state index contributed by atoms with van der Waals surface area (Å²) in [5, 5.41) is 0. The number of sulfonamides is 1. The van der Waals surface area contributed by atoms with Crippen LogP contribution in [0.2, 0.25) is 0 Å². The van der Waals surface area contributed by atoms with Crippen LogP contribution in [-0.2, 0) is 14.8 Å². The Kier molecular flexibility index (Phi) is 5.37. The van der Waals surface area contributed by atoms with E-state index in [1.165, 1.54) is 9.87 Å². The molecule has 1 heterocycles. The van der Waals surface area contributed by atoms with Gasteiger partial charge in [-0.1, -0.05) is 26.0 Å². The molecule has 1 fully saturated rings. The number of ether oxygens (including phenoxy) is 1. The minimum atomic E-state index is -3.46. The molecule has 1 aromatic rings. The topological polar surface area (TPSA) is 72.6 Å². The monoisotopic (exact) mass is 312 g/mol. The summed E-state index contributed by atoms with van der Waals surface area (Å²) >= 11 is 0. The smallest absolute Gasteiger partial charge is 0.243 e. The van der Waals surface area contributed by atoms with Gasteiger partial charge in [-0.25, -0.2) is 8.42 Å². The van der Waals surface area contributed by atoms with Crippen molar-refractivity contribution in [2.45, 2.75) is 37.2 Å². The van der Waals surface area contributed by atoms with Gasteiger partial charge >= 0.3 is 0 Å². The lowest BCUT2D eigenvalue weighted by atomic mass is 9.99. The predicted octanol–water partition coefficient (Wildman–Crippen LogP) is 1.55. The standard InChI is InChI=1S/C15H24N2O3S/c1-3-12(2)13-4-6-15(7-5-13)21(18,19)17-8-9-20-14(10-16)11-17/h4-7,12,14H,3,8-11,16H2,1-2H3. The summed E-state index contributed by atoms with van der Waals surface area (Å²) in [6, 6.07) is 7.21. The van der Waals surface area contributed by atoms with Crippen LogP contribution in [0.3, 0.4) is 0 Å². The third-order valence-electron chi connectivity index (χ3n) is 4.06. The normalized spacial score (nSPS) is 22.1. The van der Waals surface area contributed by atoms with E-state index in [1.54, 1.807) is 12.1 Å². The maximum absolute atomic E-state index is 12.6. The molecule has 1 aliphatic rings. The van der Waals surface area contributed by atoms with Crippen LogP contribution in [0.5, 0.6) is 0 Å². The largest absolute Gasteiger partial charge is 0.374 e. The summed E-state index contributed by atoms with van der Waals surface area (Å²) in [4.78, 5) is 0.340. The highest BCUT2D eigenvalue weighted by atomic mass is 32.2. The Hall–Kier alpha value is -0.950. The number of nitrogens with two attached hydrogens (primary N) is 1. The molecule has 1 aromatic carbocycles. The Morgan fingerprint density at radius 2 is 2.05 bits per heavy atom. The fourth-order valence-corrected chi connectivity index (χ4v) is 3.86. The van der Waals surface area contributed by atoms with E-state index in [9.17, 15) is 8.42 Å². The number of benzene rings is 1. The molecule has 21 heavy (non-hydrogen) atoms. The molecule has 0 saturated carbocycles. The second kappa shape index (κ2) is 6.87. The van der Waals surface area contributed by atoms with Crippen molar-refractivity contribution in [2.24, 2.45) is 5.73 Å². The molecule has 0 amide bonds. The van der Waals surface area contributed by atoms with Crippen molar-refractivity contribution in [3.63, 3.8) is 0 Å². The Morgan fingerprint density at radius 3 is 2.62 bits per heavy atom. The van der Waals surface area contributed by atoms with Crippen molar-refractivity contribution in [3.05, 3.63) is 29.8 Å². The molecule has 0 spiro atoms. The highest BCUT2D eigenvalue weighted by molar-refractivity contribution is 7.89. The van der Waals surface area contributed by atoms with Gasteiger partial charge in [0.2, 0.25) is 10.0 Å². The molecule has 118 valence electrons. The van der Waals surface area contributed by atoms with Crippen molar-refractivity contribution in [3.8, 4) is 0 Å². The zero-order valence-electron chi connectivity index (χ0n) is 12.7. The molecule has 6 heteroatoms. The molecule has 2 rings (SSSR count). The van der Waals surface area contributed by atoms with Crippen LogP contribution in [0.15, 0.2) is 29.2 Å². The highest BCUT2D eigenvalue weighted by Crippen LogP contribution is 2.23. The number of rotatable bonds is 5. The van der Waals surface area contributed by atoms with Crippen LogP contribution in [0.4, 0.5) is 0 Å². The molecule has 2 atom stereocenters. The van der Waals surface area contributed by atoms with Gasteiger partial charge in [-0.2, -0.15) is 4.31 Å². The molecular formula is C15H24N2O3S. The Labute approximate surface area is 127 Å². The number of morpholine rings is 1. The van der Waals surface area contributed by atoms with Crippen molar-refractivity contribution < 1.29 is 13.2 Å². The number of hydrogen-bond acceptors (Lipinski definition) is 4. The predicted molar refractivity (Wildman–Crippen MR) is 82.7 cm³/mol. The quantitative estimate of drug-likeness (QED) is 0.895. The van der Waals surface area contributed by atoms with Gasteiger partial charge in [-0.15, -0.1) is 0 Å². The van der Waals surface area contributed by atoms with Gasteiger partial charge in [0.1, 0.15) is 0 Å². The fourth-order valence-electron chi connectivity index (χ4n) is 2.41. The summed E-state index contributed by atoms with van der Waals surface area (Å²) in [5.74, 6) is 0.437. The van der Waals surface area contributed by atoms with E-state index >= 15 is 0 Å². The van der Waals surface area contributed by atoms with Crippen LogP contribution >= 0.6 is 0 Å². The number of nitrogens with zero attached hydrogens (tertiary/aromatic N) is 1. The second-order valence-corrected chi connectivity index (χ2v) is 7.41. The van der Waals surface area contributed by atoms with Crippen LogP contribution in [0.1, 0.15) is 31.7 Å². The van der Waals surface area contributed by atoms with Crippen molar-refractivity contribution >= 4 is 10.0 Å². The van der Waals surface area contributed by atoms with E-state index in [1.807, 2.05) is 12.1 Å². The summed E-state index contributed by atoms with van der Waals surface area (Å²) in [6.45, 7) is 5.69. The van der Waals surface area contributed by atoms with Crippen LogP contribution < -0.4 is 5.73 Å². The van der Waals surface area contributed by atoms with Gasteiger partial charge in [-0.05, 0) is 30.0 Å². The maximum atomic E-state index is 12.6. The molecule has 2 N–H and O–H groups in total. The van der Waals surface area contributed by atoms with E-state index in [4.69, 9.17) is 10.5 Å². The lowest BCUT2D eigenvalue weighted by Crippen LogP contribution is -2.48. The van der Waals surface area contributed by atoms with Gasteiger partial charge < -0.3 is 10.5 Å². The first-order valence-electron chi connectivity index (χ1n) is 7.40. The molecule has 1 aliphatic heterocycles. The first-order chi connectivity index (χ1) is 9.98. The lowest BCUT2D eigenvalue weighted by molar-refractivity contribution is 0.00450. The van der Waals surface area contributed by atoms with Crippen molar-refractivity contribution in [1.29, 1.82) is 0 Å². The first-order valence-corrected chi connectivity index (χ1v) is 8.84. The average molecular weight is 312 g/mol. The third-order valence-corrected chi connectivity index (χ3v) is 5.94. The third kappa shape index (κ3) is 3.63. The molecule has 5 nitrogen and oxygen atoms in total. The Balaban J connectivity index is 2.19. The summed E-state index contributed by atoms with van der Waals surface area (Å²) in [6.07, 6.45) is 0.821. The maximum Gasteiger partial charge on any atom is 0.243 e. The van der Waals surface area contributed by atoms with Gasteiger partial charge in [0.25, 0.3) is 0 Å².